The molecule has 0 fully saturated rings. The second kappa shape index (κ2) is 15.8. The number of pyridine rings is 1. The quantitative estimate of drug-likeness (QED) is 0.177. The van der Waals surface area contributed by atoms with Crippen LogP contribution in [0, 0.1) is 0 Å². The zero-order chi connectivity index (χ0) is 32.1. The van der Waals surface area contributed by atoms with Crippen molar-refractivity contribution in [2.24, 2.45) is 0 Å². The summed E-state index contributed by atoms with van der Waals surface area (Å²) >= 11 is 0. The summed E-state index contributed by atoms with van der Waals surface area (Å²) in [6.07, 6.45) is 1.50. The Morgan fingerprint density at radius 1 is 0.733 bits per heavy atom. The van der Waals surface area contributed by atoms with Gasteiger partial charge in [0.05, 0.1) is 10.5 Å². The van der Waals surface area contributed by atoms with Crippen LogP contribution in [0.2, 0.25) is 0 Å². The van der Waals surface area contributed by atoms with E-state index in [1.165, 1.54) is 24.3 Å². The minimum absolute atomic E-state index is 0.0659. The van der Waals surface area contributed by atoms with Crippen molar-refractivity contribution in [1.82, 2.24) is 20.3 Å². The molecule has 0 atom stereocenters. The summed E-state index contributed by atoms with van der Waals surface area (Å²) in [5.41, 5.74) is 1.39. The molecular formula is C32H30N4O8S. The molecular weight excluding hydrogens is 600 g/mol. The second-order valence-corrected chi connectivity index (χ2v) is 11.2. The van der Waals surface area contributed by atoms with Crippen molar-refractivity contribution < 1.29 is 37.1 Å². The molecule has 45 heavy (non-hydrogen) atoms. The zero-order valence-corrected chi connectivity index (χ0v) is 24.8. The van der Waals surface area contributed by atoms with Gasteiger partial charge in [0.1, 0.15) is 24.6 Å². The highest BCUT2D eigenvalue weighted by molar-refractivity contribution is 7.90. The highest BCUT2D eigenvalue weighted by Crippen LogP contribution is 2.12. The first-order valence-corrected chi connectivity index (χ1v) is 15.2. The van der Waals surface area contributed by atoms with Gasteiger partial charge < -0.3 is 20.1 Å². The Hall–Kier alpha value is -5.56. The van der Waals surface area contributed by atoms with Crippen molar-refractivity contribution in [1.29, 1.82) is 0 Å². The zero-order valence-electron chi connectivity index (χ0n) is 24.0. The summed E-state index contributed by atoms with van der Waals surface area (Å²) in [6, 6.07) is 26.3. The number of nitrogens with zero attached hydrogens (tertiary/aromatic N) is 1. The smallest absolute Gasteiger partial charge is 0.325 e. The third-order valence-electron chi connectivity index (χ3n) is 6.20. The lowest BCUT2D eigenvalue weighted by atomic mass is 10.1. The van der Waals surface area contributed by atoms with Gasteiger partial charge in [-0.25, -0.2) is 13.1 Å². The van der Waals surface area contributed by atoms with Crippen LogP contribution in [0.5, 0.6) is 5.75 Å². The molecule has 0 aliphatic carbocycles. The number of nitrogens with one attached hydrogen (secondary N) is 3. The molecule has 0 saturated carbocycles. The standard InChI is InChI=1S/C32H30N4O8S/c37-29(22-43-26-9-5-2-6-10-26)33-18-17-23-11-14-27(15-12-23)45(41,42)36-31(39)25-13-16-28(34-19-25)32(40)35-20-30(38)44-21-24-7-3-1-4-8-24/h1-16,19H,17-18,20-22H2,(H,33,37)(H,35,40)(H,36,39). The molecule has 12 nitrogen and oxygen atoms in total. The lowest BCUT2D eigenvalue weighted by Crippen LogP contribution is -2.32. The maximum Gasteiger partial charge on any atom is 0.325 e. The van der Waals surface area contributed by atoms with Gasteiger partial charge in [-0.1, -0.05) is 60.7 Å². The van der Waals surface area contributed by atoms with E-state index in [1.54, 1.807) is 48.5 Å². The van der Waals surface area contributed by atoms with E-state index in [-0.39, 0.29) is 41.8 Å². The highest BCUT2D eigenvalue weighted by Gasteiger charge is 2.20. The number of hydrogen-bond acceptors (Lipinski definition) is 9. The first-order chi connectivity index (χ1) is 21.7. The Morgan fingerprint density at radius 2 is 1.42 bits per heavy atom. The average Bonchev–Trinajstić information content (AvgIpc) is 3.06. The molecule has 3 amide bonds. The number of aromatic nitrogens is 1. The first-order valence-electron chi connectivity index (χ1n) is 13.7. The summed E-state index contributed by atoms with van der Waals surface area (Å²) in [5, 5.41) is 5.11. The van der Waals surface area contributed by atoms with Gasteiger partial charge in [-0.3, -0.25) is 24.2 Å². The molecule has 1 heterocycles. The van der Waals surface area contributed by atoms with E-state index in [9.17, 15) is 27.6 Å². The molecule has 3 aromatic carbocycles. The van der Waals surface area contributed by atoms with E-state index < -0.39 is 27.8 Å². The highest BCUT2D eigenvalue weighted by atomic mass is 32.2. The predicted molar refractivity (Wildman–Crippen MR) is 163 cm³/mol. The fourth-order valence-corrected chi connectivity index (χ4v) is 4.81. The van der Waals surface area contributed by atoms with E-state index in [0.29, 0.717) is 18.7 Å². The van der Waals surface area contributed by atoms with Crippen molar-refractivity contribution in [3.8, 4) is 5.75 Å². The van der Waals surface area contributed by atoms with Gasteiger partial charge in [0.2, 0.25) is 0 Å². The van der Waals surface area contributed by atoms with E-state index in [0.717, 1.165) is 17.3 Å². The van der Waals surface area contributed by atoms with Gasteiger partial charge in [-0.15, -0.1) is 0 Å². The lowest BCUT2D eigenvalue weighted by molar-refractivity contribution is -0.143. The molecule has 0 bridgehead atoms. The summed E-state index contributed by atoms with van der Waals surface area (Å²) < 4.78 is 38.0. The summed E-state index contributed by atoms with van der Waals surface area (Å²) in [6.45, 7) is -0.126. The van der Waals surface area contributed by atoms with Crippen LogP contribution in [0.1, 0.15) is 32.0 Å². The number of rotatable bonds is 14. The van der Waals surface area contributed by atoms with Crippen LogP contribution < -0.4 is 20.1 Å². The van der Waals surface area contributed by atoms with Gasteiger partial charge in [0.15, 0.2) is 6.61 Å². The van der Waals surface area contributed by atoms with Crippen molar-refractivity contribution >= 4 is 33.7 Å². The van der Waals surface area contributed by atoms with Crippen LogP contribution in [0.4, 0.5) is 0 Å². The number of benzene rings is 3. The fourth-order valence-electron chi connectivity index (χ4n) is 3.83. The van der Waals surface area contributed by atoms with Gasteiger partial charge >= 0.3 is 5.97 Å². The lowest BCUT2D eigenvalue weighted by Gasteiger charge is -2.09. The normalized spacial score (nSPS) is 10.8. The maximum atomic E-state index is 12.8. The Kier molecular flexibility index (Phi) is 11.3. The SMILES string of the molecule is O=C(COc1ccccc1)NCCc1ccc(S(=O)(=O)NC(=O)c2ccc(C(=O)NCC(=O)OCc3ccccc3)nc2)cc1. The average molecular weight is 631 g/mol. The number of para-hydroxylation sites is 1. The molecule has 0 unspecified atom stereocenters. The Bertz CT molecular complexity index is 1710. The Balaban J connectivity index is 1.20. The van der Waals surface area contributed by atoms with Crippen LogP contribution in [-0.4, -0.2) is 56.8 Å². The van der Waals surface area contributed by atoms with E-state index in [4.69, 9.17) is 9.47 Å². The van der Waals surface area contributed by atoms with E-state index in [2.05, 4.69) is 15.6 Å². The Morgan fingerprint density at radius 3 is 2.09 bits per heavy atom. The topological polar surface area (TPSA) is 170 Å². The van der Waals surface area contributed by atoms with Gasteiger partial charge in [-0.05, 0) is 53.9 Å². The molecule has 4 aromatic rings. The van der Waals surface area contributed by atoms with Crippen molar-refractivity contribution in [3.05, 3.63) is 126 Å². The molecule has 0 aliphatic heterocycles. The van der Waals surface area contributed by atoms with Crippen molar-refractivity contribution in [2.45, 2.75) is 17.9 Å². The van der Waals surface area contributed by atoms with Crippen LogP contribution in [0.15, 0.2) is 108 Å². The number of ether oxygens (including phenoxy) is 2. The molecule has 232 valence electrons. The predicted octanol–water partition coefficient (Wildman–Crippen LogP) is 2.41. The molecule has 4 rings (SSSR count). The summed E-state index contributed by atoms with van der Waals surface area (Å²) in [7, 11) is -4.21. The molecule has 13 heteroatoms. The molecule has 0 saturated heterocycles. The van der Waals surface area contributed by atoms with Gasteiger partial charge in [0, 0.05) is 12.7 Å². The second-order valence-electron chi connectivity index (χ2n) is 9.54. The van der Waals surface area contributed by atoms with Gasteiger partial charge in [-0.2, -0.15) is 0 Å². The number of sulfonamides is 1. The largest absolute Gasteiger partial charge is 0.484 e. The maximum absolute atomic E-state index is 12.8. The molecule has 3 N–H and O–H groups in total. The minimum atomic E-state index is -4.21. The van der Waals surface area contributed by atoms with E-state index >= 15 is 0 Å². The van der Waals surface area contributed by atoms with Crippen LogP contribution >= 0.6 is 0 Å². The summed E-state index contributed by atoms with van der Waals surface area (Å²) in [4.78, 5) is 52.6. The number of amides is 3. The van der Waals surface area contributed by atoms with E-state index in [1.807, 2.05) is 29.0 Å². The monoisotopic (exact) mass is 630 g/mol. The van der Waals surface area contributed by atoms with Crippen LogP contribution in [0.25, 0.3) is 0 Å². The third-order valence-corrected chi connectivity index (χ3v) is 7.55. The molecule has 0 aliphatic rings. The van der Waals surface area contributed by atoms with Gasteiger partial charge in [0.25, 0.3) is 27.7 Å². The number of carbonyl (C=O) groups is 4. The first kappa shape index (κ1) is 32.4. The molecule has 0 radical (unpaired) electrons. The van der Waals surface area contributed by atoms with Crippen LogP contribution in [0.3, 0.4) is 0 Å². The number of hydrogen-bond donors (Lipinski definition) is 3. The fraction of sp³-hybridized carbons (Fsp3) is 0.156. The Labute approximate surface area is 259 Å². The third kappa shape index (κ3) is 10.3. The van der Waals surface area contributed by atoms with Crippen molar-refractivity contribution in [3.63, 3.8) is 0 Å². The molecule has 0 spiro atoms. The molecule has 1 aromatic heterocycles. The summed E-state index contributed by atoms with van der Waals surface area (Å²) in [5.74, 6) is -1.96. The van der Waals surface area contributed by atoms with Crippen molar-refractivity contribution in [2.75, 3.05) is 19.7 Å². The number of carbonyl (C=O) groups excluding carboxylic acids is 4. The number of esters is 1. The minimum Gasteiger partial charge on any atom is -0.484 e. The van der Waals surface area contributed by atoms with Crippen LogP contribution in [-0.2, 0) is 37.4 Å².